The second-order valence-corrected chi connectivity index (χ2v) is 6.78. The molecule has 0 radical (unpaired) electrons. The van der Waals surface area contributed by atoms with E-state index >= 15 is 0 Å². The number of hydrogen-bond acceptors (Lipinski definition) is 3. The minimum absolute atomic E-state index is 0.0822. The van der Waals surface area contributed by atoms with Gasteiger partial charge in [0.25, 0.3) is 0 Å². The highest BCUT2D eigenvalue weighted by molar-refractivity contribution is 5.86. The van der Waals surface area contributed by atoms with Gasteiger partial charge in [0.2, 0.25) is 5.91 Å². The zero-order chi connectivity index (χ0) is 18.2. The van der Waals surface area contributed by atoms with Crippen LogP contribution in [0.5, 0.6) is 0 Å². The molecule has 25 heavy (non-hydrogen) atoms. The fourth-order valence-electron chi connectivity index (χ4n) is 2.93. The molecule has 1 fully saturated rings. The molecule has 1 aromatic carbocycles. The molecule has 1 aliphatic heterocycles. The molecule has 3 atom stereocenters. The van der Waals surface area contributed by atoms with E-state index in [1.54, 1.807) is 6.92 Å². The highest BCUT2D eigenvalue weighted by Gasteiger charge is 2.23. The first-order valence-electron chi connectivity index (χ1n) is 9.17. The topological polar surface area (TPSA) is 73.5 Å². The predicted octanol–water partition coefficient (Wildman–Crippen LogP) is 2.26. The molecule has 0 bridgehead atoms. The van der Waals surface area contributed by atoms with Gasteiger partial charge in [-0.05, 0) is 45.2 Å². The van der Waals surface area contributed by atoms with Crippen LogP contribution in [0.3, 0.4) is 0 Å². The van der Waals surface area contributed by atoms with Crippen molar-refractivity contribution < 1.29 is 9.59 Å². The molecule has 6 nitrogen and oxygen atoms in total. The van der Waals surface area contributed by atoms with Crippen molar-refractivity contribution in [3.63, 3.8) is 0 Å². The molecule has 2 rings (SSSR count). The number of amides is 3. The zero-order valence-corrected chi connectivity index (χ0v) is 15.4. The predicted molar refractivity (Wildman–Crippen MR) is 101 cm³/mol. The van der Waals surface area contributed by atoms with E-state index in [4.69, 9.17) is 0 Å². The first kappa shape index (κ1) is 19.1. The Bertz CT molecular complexity index is 564. The maximum atomic E-state index is 12.2. The average molecular weight is 346 g/mol. The number of piperidine rings is 1. The van der Waals surface area contributed by atoms with Crippen molar-refractivity contribution >= 4 is 17.6 Å². The molecular formula is C19H30N4O2. The summed E-state index contributed by atoms with van der Waals surface area (Å²) >= 11 is 0. The number of carbonyl (C=O) groups excluding carboxylic acids is 2. The molecule has 138 valence electrons. The summed E-state index contributed by atoms with van der Waals surface area (Å²) in [6.07, 6.45) is 2.84. The second-order valence-electron chi connectivity index (χ2n) is 6.78. The molecule has 0 aliphatic carbocycles. The van der Waals surface area contributed by atoms with Crippen LogP contribution in [0.25, 0.3) is 0 Å². The molecule has 0 unspecified atom stereocenters. The lowest BCUT2D eigenvalue weighted by Gasteiger charge is -2.35. The highest BCUT2D eigenvalue weighted by atomic mass is 16.2. The summed E-state index contributed by atoms with van der Waals surface area (Å²) in [6.45, 7) is 7.44. The Kier molecular flexibility index (Phi) is 7.10. The van der Waals surface area contributed by atoms with E-state index in [0.29, 0.717) is 0 Å². The number of nitrogens with zero attached hydrogens (tertiary/aromatic N) is 1. The summed E-state index contributed by atoms with van der Waals surface area (Å²) in [5, 5.41) is 8.61. The number of rotatable bonds is 6. The van der Waals surface area contributed by atoms with Gasteiger partial charge in [-0.1, -0.05) is 25.1 Å². The molecule has 0 spiro atoms. The Balaban J connectivity index is 1.80. The van der Waals surface area contributed by atoms with Gasteiger partial charge in [-0.15, -0.1) is 0 Å². The molecule has 0 aromatic heterocycles. The Morgan fingerprint density at radius 2 is 1.92 bits per heavy atom. The van der Waals surface area contributed by atoms with Crippen molar-refractivity contribution in [2.45, 2.75) is 58.2 Å². The molecule has 1 aromatic rings. The van der Waals surface area contributed by atoms with Crippen LogP contribution in [-0.4, -0.2) is 43.2 Å². The lowest BCUT2D eigenvalue weighted by atomic mass is 10.1. The molecule has 0 saturated carbocycles. The monoisotopic (exact) mass is 346 g/mol. The molecule has 3 N–H and O–H groups in total. The molecule has 3 amide bonds. The van der Waals surface area contributed by atoms with Crippen LogP contribution in [0.2, 0.25) is 0 Å². The van der Waals surface area contributed by atoms with E-state index in [1.165, 1.54) is 5.69 Å². The van der Waals surface area contributed by atoms with Crippen LogP contribution < -0.4 is 20.9 Å². The second kappa shape index (κ2) is 9.30. The summed E-state index contributed by atoms with van der Waals surface area (Å²) in [7, 11) is 0. The quantitative estimate of drug-likeness (QED) is 0.740. The summed E-state index contributed by atoms with van der Waals surface area (Å²) < 4.78 is 0. The van der Waals surface area contributed by atoms with Crippen LogP contribution >= 0.6 is 0 Å². The third-order valence-corrected chi connectivity index (χ3v) is 4.62. The van der Waals surface area contributed by atoms with Gasteiger partial charge < -0.3 is 20.9 Å². The van der Waals surface area contributed by atoms with Gasteiger partial charge in [0, 0.05) is 30.9 Å². The van der Waals surface area contributed by atoms with E-state index in [-0.39, 0.29) is 24.0 Å². The number of para-hydroxylation sites is 1. The first-order valence-corrected chi connectivity index (χ1v) is 9.17. The summed E-state index contributed by atoms with van der Waals surface area (Å²) in [5.41, 5.74) is 1.18. The van der Waals surface area contributed by atoms with Crippen LogP contribution in [0.4, 0.5) is 10.5 Å². The Morgan fingerprint density at radius 3 is 2.60 bits per heavy atom. The molecule has 1 aliphatic rings. The minimum atomic E-state index is -0.553. The number of benzene rings is 1. The van der Waals surface area contributed by atoms with Crippen LogP contribution in [-0.2, 0) is 4.79 Å². The van der Waals surface area contributed by atoms with Crippen molar-refractivity contribution in [2.75, 3.05) is 18.0 Å². The normalized spacial score (nSPS) is 19.6. The van der Waals surface area contributed by atoms with Gasteiger partial charge in [0.1, 0.15) is 6.04 Å². The minimum Gasteiger partial charge on any atom is -0.369 e. The molecular weight excluding hydrogens is 316 g/mol. The van der Waals surface area contributed by atoms with Crippen molar-refractivity contribution in [1.82, 2.24) is 16.0 Å². The Morgan fingerprint density at radius 1 is 1.20 bits per heavy atom. The number of carbonyl (C=O) groups is 2. The zero-order valence-electron chi connectivity index (χ0n) is 15.4. The largest absolute Gasteiger partial charge is 0.369 e. The molecule has 6 heteroatoms. The van der Waals surface area contributed by atoms with Gasteiger partial charge in [-0.2, -0.15) is 0 Å². The van der Waals surface area contributed by atoms with Crippen molar-refractivity contribution in [3.05, 3.63) is 30.3 Å². The third kappa shape index (κ3) is 5.96. The van der Waals surface area contributed by atoms with Gasteiger partial charge in [0.15, 0.2) is 0 Å². The van der Waals surface area contributed by atoms with E-state index in [0.717, 1.165) is 32.4 Å². The van der Waals surface area contributed by atoms with Gasteiger partial charge >= 0.3 is 6.03 Å². The fraction of sp³-hybridized carbons (Fsp3) is 0.579. The summed E-state index contributed by atoms with van der Waals surface area (Å²) in [5.74, 6) is -0.154. The lowest BCUT2D eigenvalue weighted by Crippen LogP contribution is -2.54. The summed E-state index contributed by atoms with van der Waals surface area (Å²) in [6, 6.07) is 9.58. The van der Waals surface area contributed by atoms with Crippen molar-refractivity contribution in [2.24, 2.45) is 0 Å². The third-order valence-electron chi connectivity index (χ3n) is 4.62. The summed E-state index contributed by atoms with van der Waals surface area (Å²) in [4.78, 5) is 26.5. The number of urea groups is 1. The maximum Gasteiger partial charge on any atom is 0.315 e. The number of nitrogens with one attached hydrogen (secondary N) is 3. The molecule has 1 heterocycles. The smallest absolute Gasteiger partial charge is 0.315 e. The average Bonchev–Trinajstić information content (AvgIpc) is 2.62. The Labute approximate surface area is 150 Å². The highest BCUT2D eigenvalue weighted by Crippen LogP contribution is 2.19. The molecule has 1 saturated heterocycles. The SMILES string of the molecule is CC[C@H](C)NC(=O)[C@@H](C)NC(=O)N[C@@H]1CCCN(c2ccccc2)C1. The van der Waals surface area contributed by atoms with E-state index < -0.39 is 6.04 Å². The van der Waals surface area contributed by atoms with Gasteiger partial charge in [-0.25, -0.2) is 4.79 Å². The fourth-order valence-corrected chi connectivity index (χ4v) is 2.93. The Hall–Kier alpha value is -2.24. The lowest BCUT2D eigenvalue weighted by molar-refractivity contribution is -0.123. The number of anilines is 1. The van der Waals surface area contributed by atoms with Crippen LogP contribution in [0.1, 0.15) is 40.0 Å². The van der Waals surface area contributed by atoms with Crippen LogP contribution in [0, 0.1) is 0 Å². The van der Waals surface area contributed by atoms with E-state index in [2.05, 4.69) is 33.0 Å². The first-order chi connectivity index (χ1) is 12.0. The van der Waals surface area contributed by atoms with Crippen LogP contribution in [0.15, 0.2) is 30.3 Å². The van der Waals surface area contributed by atoms with Crippen molar-refractivity contribution in [3.8, 4) is 0 Å². The van der Waals surface area contributed by atoms with Crippen molar-refractivity contribution in [1.29, 1.82) is 0 Å². The van der Waals surface area contributed by atoms with Gasteiger partial charge in [-0.3, -0.25) is 4.79 Å². The van der Waals surface area contributed by atoms with E-state index in [9.17, 15) is 9.59 Å². The standard InChI is InChI=1S/C19H30N4O2/c1-4-14(2)20-18(24)15(3)21-19(25)22-16-9-8-12-23(13-16)17-10-6-5-7-11-17/h5-7,10-11,14-16H,4,8-9,12-13H2,1-3H3,(H,20,24)(H2,21,22,25)/t14-,15+,16+/m0/s1. The van der Waals surface area contributed by atoms with Gasteiger partial charge in [0.05, 0.1) is 0 Å². The maximum absolute atomic E-state index is 12.2. The number of hydrogen-bond donors (Lipinski definition) is 3. The van der Waals surface area contributed by atoms with E-state index in [1.807, 2.05) is 32.0 Å².